The van der Waals surface area contributed by atoms with E-state index in [9.17, 15) is 4.79 Å². The Kier molecular flexibility index (Phi) is 5.96. The lowest BCUT2D eigenvalue weighted by atomic mass is 10.1. The van der Waals surface area contributed by atoms with E-state index in [2.05, 4.69) is 34.1 Å². The van der Waals surface area contributed by atoms with E-state index in [1.54, 1.807) is 12.4 Å². The molecule has 1 N–H and O–H groups in total. The number of carbonyl (C=O) groups is 1. The van der Waals surface area contributed by atoms with Gasteiger partial charge >= 0.3 is 0 Å². The highest BCUT2D eigenvalue weighted by molar-refractivity contribution is 5.79. The summed E-state index contributed by atoms with van der Waals surface area (Å²) >= 11 is 0. The van der Waals surface area contributed by atoms with Gasteiger partial charge in [0.15, 0.2) is 0 Å². The van der Waals surface area contributed by atoms with Crippen molar-refractivity contribution < 1.29 is 4.79 Å². The van der Waals surface area contributed by atoms with Gasteiger partial charge in [-0.15, -0.1) is 0 Å². The van der Waals surface area contributed by atoms with Crippen molar-refractivity contribution in [2.45, 2.75) is 39.2 Å². The Hall–Kier alpha value is -3.02. The van der Waals surface area contributed by atoms with Crippen LogP contribution in [0.5, 0.6) is 0 Å². The van der Waals surface area contributed by atoms with Crippen molar-refractivity contribution in [2.75, 3.05) is 6.54 Å². The minimum atomic E-state index is -0.304. The molecule has 6 heteroatoms. The Morgan fingerprint density at radius 3 is 2.59 bits per heavy atom. The second-order valence-corrected chi connectivity index (χ2v) is 6.79. The third-order valence-corrected chi connectivity index (χ3v) is 4.43. The Balaban J connectivity index is 1.58. The number of carbonyl (C=O) groups excluding carboxylic acids is 1. The molecule has 1 atom stereocenters. The zero-order valence-corrected chi connectivity index (χ0v) is 16.0. The number of amides is 1. The van der Waals surface area contributed by atoms with Gasteiger partial charge in [-0.05, 0) is 13.0 Å². The summed E-state index contributed by atoms with van der Waals surface area (Å²) in [5.74, 6) is 1.87. The molecule has 0 saturated carbocycles. The maximum atomic E-state index is 12.5. The van der Waals surface area contributed by atoms with Crippen LogP contribution in [0.3, 0.4) is 0 Å². The van der Waals surface area contributed by atoms with Gasteiger partial charge in [0.05, 0.1) is 5.69 Å². The summed E-state index contributed by atoms with van der Waals surface area (Å²) in [6, 6.07) is 11.6. The van der Waals surface area contributed by atoms with Crippen LogP contribution in [0.15, 0.2) is 55.0 Å². The summed E-state index contributed by atoms with van der Waals surface area (Å²) in [5.41, 5.74) is 1.94. The molecule has 3 rings (SSSR count). The van der Waals surface area contributed by atoms with Gasteiger partial charge in [-0.3, -0.25) is 4.79 Å². The molecule has 0 aliphatic rings. The number of hydrogen-bond acceptors (Lipinski definition) is 4. The minimum absolute atomic E-state index is 0.0332. The molecule has 2 aromatic heterocycles. The summed E-state index contributed by atoms with van der Waals surface area (Å²) in [6.07, 6.45) is 5.93. The van der Waals surface area contributed by atoms with Crippen molar-refractivity contribution >= 4 is 5.91 Å². The number of benzene rings is 1. The average molecular weight is 363 g/mol. The van der Waals surface area contributed by atoms with Crippen molar-refractivity contribution in [2.24, 2.45) is 0 Å². The molecule has 0 aliphatic carbocycles. The third-order valence-electron chi connectivity index (χ3n) is 4.43. The first-order valence-electron chi connectivity index (χ1n) is 9.24. The third kappa shape index (κ3) is 4.58. The molecule has 1 aromatic carbocycles. The lowest BCUT2D eigenvalue weighted by Gasteiger charge is -2.17. The maximum absolute atomic E-state index is 12.5. The normalized spacial score (nSPS) is 12.1. The lowest BCUT2D eigenvalue weighted by molar-refractivity contribution is -0.123. The second kappa shape index (κ2) is 8.58. The second-order valence-electron chi connectivity index (χ2n) is 6.79. The fourth-order valence-electron chi connectivity index (χ4n) is 2.96. The Bertz CT molecular complexity index is 888. The molecular formula is C21H25N5O. The fourth-order valence-corrected chi connectivity index (χ4v) is 2.96. The molecule has 3 aromatic rings. The molecule has 1 amide bonds. The van der Waals surface area contributed by atoms with E-state index in [-0.39, 0.29) is 17.9 Å². The molecule has 0 fully saturated rings. The number of aromatic nitrogens is 4. The zero-order valence-electron chi connectivity index (χ0n) is 16.0. The molecule has 0 aliphatic heterocycles. The Morgan fingerprint density at radius 2 is 1.85 bits per heavy atom. The summed E-state index contributed by atoms with van der Waals surface area (Å²) in [5, 5.41) is 2.98. The van der Waals surface area contributed by atoms with E-state index in [1.165, 1.54) is 0 Å². The van der Waals surface area contributed by atoms with Crippen molar-refractivity contribution in [3.05, 3.63) is 66.6 Å². The number of nitrogens with one attached hydrogen (secondary N) is 1. The first kappa shape index (κ1) is 18.8. The van der Waals surface area contributed by atoms with Crippen LogP contribution in [0, 0.1) is 0 Å². The van der Waals surface area contributed by atoms with Gasteiger partial charge in [0, 0.05) is 43.0 Å². The van der Waals surface area contributed by atoms with E-state index in [0.717, 1.165) is 22.9 Å². The number of rotatable bonds is 7. The first-order chi connectivity index (χ1) is 13.1. The van der Waals surface area contributed by atoms with E-state index < -0.39 is 0 Å². The van der Waals surface area contributed by atoms with Crippen molar-refractivity contribution in [3.63, 3.8) is 0 Å². The van der Waals surface area contributed by atoms with Crippen LogP contribution in [-0.4, -0.2) is 32.0 Å². The smallest absolute Gasteiger partial charge is 0.242 e. The summed E-state index contributed by atoms with van der Waals surface area (Å²) < 4.78 is 1.92. The van der Waals surface area contributed by atoms with Crippen LogP contribution in [0.2, 0.25) is 0 Å². The highest BCUT2D eigenvalue weighted by Crippen LogP contribution is 2.17. The lowest BCUT2D eigenvalue weighted by Crippen LogP contribution is -2.33. The predicted octanol–water partition coefficient (Wildman–Crippen LogP) is 3.38. The molecule has 0 radical (unpaired) electrons. The SMILES string of the molecule is CC(C)c1nccn1[C@H](C)C(=O)NCCc1nccc(-c2ccccc2)n1. The van der Waals surface area contributed by atoms with Crippen molar-refractivity contribution in [1.82, 2.24) is 24.8 Å². The van der Waals surface area contributed by atoms with E-state index >= 15 is 0 Å². The van der Waals surface area contributed by atoms with Gasteiger partial charge < -0.3 is 9.88 Å². The number of hydrogen-bond donors (Lipinski definition) is 1. The standard InChI is InChI=1S/C21H25N5O/c1-15(2)20-23-13-14-26(20)16(3)21(27)24-12-10-19-22-11-9-18(25-19)17-7-5-4-6-8-17/h4-9,11,13-16H,10,12H2,1-3H3,(H,24,27)/t16-/m1/s1. The van der Waals surface area contributed by atoms with Crippen molar-refractivity contribution in [1.29, 1.82) is 0 Å². The van der Waals surface area contributed by atoms with Gasteiger partial charge in [0.2, 0.25) is 5.91 Å². The molecule has 0 saturated heterocycles. The summed E-state index contributed by atoms with van der Waals surface area (Å²) in [7, 11) is 0. The maximum Gasteiger partial charge on any atom is 0.242 e. The summed E-state index contributed by atoms with van der Waals surface area (Å²) in [6.45, 7) is 6.52. The van der Waals surface area contributed by atoms with Gasteiger partial charge in [-0.2, -0.15) is 0 Å². The molecule has 27 heavy (non-hydrogen) atoms. The Morgan fingerprint density at radius 1 is 1.07 bits per heavy atom. The largest absolute Gasteiger partial charge is 0.354 e. The molecule has 2 heterocycles. The van der Waals surface area contributed by atoms with Crippen LogP contribution in [-0.2, 0) is 11.2 Å². The topological polar surface area (TPSA) is 72.7 Å². The van der Waals surface area contributed by atoms with Crippen molar-refractivity contribution in [3.8, 4) is 11.3 Å². The fraction of sp³-hybridized carbons (Fsp3) is 0.333. The highest BCUT2D eigenvalue weighted by Gasteiger charge is 2.18. The van der Waals surface area contributed by atoms with Crippen LogP contribution < -0.4 is 5.32 Å². The van der Waals surface area contributed by atoms with E-state index in [4.69, 9.17) is 0 Å². The van der Waals surface area contributed by atoms with E-state index in [0.29, 0.717) is 13.0 Å². The highest BCUT2D eigenvalue weighted by atomic mass is 16.2. The van der Waals surface area contributed by atoms with E-state index in [1.807, 2.05) is 54.1 Å². The predicted molar refractivity (Wildman–Crippen MR) is 105 cm³/mol. The van der Waals surface area contributed by atoms with Crippen LogP contribution in [0.4, 0.5) is 0 Å². The molecule has 0 bridgehead atoms. The van der Waals surface area contributed by atoms with Gasteiger partial charge in [-0.1, -0.05) is 44.2 Å². The average Bonchev–Trinajstić information content (AvgIpc) is 3.18. The van der Waals surface area contributed by atoms with Gasteiger partial charge in [-0.25, -0.2) is 15.0 Å². The number of imidazole rings is 1. The number of nitrogens with zero attached hydrogens (tertiary/aromatic N) is 4. The first-order valence-corrected chi connectivity index (χ1v) is 9.24. The van der Waals surface area contributed by atoms with Gasteiger partial charge in [0.25, 0.3) is 0 Å². The van der Waals surface area contributed by atoms with Crippen LogP contribution >= 0.6 is 0 Å². The van der Waals surface area contributed by atoms with Crippen LogP contribution in [0.25, 0.3) is 11.3 Å². The quantitative estimate of drug-likeness (QED) is 0.698. The zero-order chi connectivity index (χ0) is 19.2. The summed E-state index contributed by atoms with van der Waals surface area (Å²) in [4.78, 5) is 25.8. The molecule has 140 valence electrons. The molecule has 6 nitrogen and oxygen atoms in total. The molecular weight excluding hydrogens is 338 g/mol. The Labute approximate surface area is 159 Å². The monoisotopic (exact) mass is 363 g/mol. The van der Waals surface area contributed by atoms with Gasteiger partial charge in [0.1, 0.15) is 17.7 Å². The minimum Gasteiger partial charge on any atom is -0.354 e. The molecule has 0 unspecified atom stereocenters. The van der Waals surface area contributed by atoms with Crippen LogP contribution in [0.1, 0.15) is 44.4 Å². The molecule has 0 spiro atoms.